The molecule has 2 aromatic rings. The molecule has 0 aromatic heterocycles. The highest BCUT2D eigenvalue weighted by Gasteiger charge is 2.42. The lowest BCUT2D eigenvalue weighted by atomic mass is 9.90. The van der Waals surface area contributed by atoms with E-state index >= 15 is 0 Å². The molecule has 1 N–H and O–H groups in total. The van der Waals surface area contributed by atoms with Gasteiger partial charge in [-0.25, -0.2) is 4.99 Å². The average molecular weight is 420 g/mol. The van der Waals surface area contributed by atoms with Crippen LogP contribution >= 0.6 is 0 Å². The minimum absolute atomic E-state index is 0.223. The number of hydrogen-bond donors (Lipinski definition) is 1. The van der Waals surface area contributed by atoms with Crippen molar-refractivity contribution in [2.24, 2.45) is 10.9 Å². The molecule has 0 saturated heterocycles. The SMILES string of the molecule is CCOC(=O)C1C(=O)NC(N2CCc3ccccc3C2)=NC1c1ccc(C(C)C)cc1. The third kappa shape index (κ3) is 4.33. The van der Waals surface area contributed by atoms with Crippen LogP contribution in [0.1, 0.15) is 55.0 Å². The molecule has 0 radical (unpaired) electrons. The highest BCUT2D eigenvalue weighted by Crippen LogP contribution is 2.32. The number of esters is 1. The summed E-state index contributed by atoms with van der Waals surface area (Å²) in [7, 11) is 0. The van der Waals surface area contributed by atoms with Crippen molar-refractivity contribution in [3.63, 3.8) is 0 Å². The predicted octanol–water partition coefficient (Wildman–Crippen LogP) is 3.57. The highest BCUT2D eigenvalue weighted by molar-refractivity contribution is 6.08. The van der Waals surface area contributed by atoms with Crippen LogP contribution in [-0.2, 0) is 27.3 Å². The summed E-state index contributed by atoms with van der Waals surface area (Å²) in [4.78, 5) is 32.6. The zero-order valence-corrected chi connectivity index (χ0v) is 18.3. The summed E-state index contributed by atoms with van der Waals surface area (Å²) in [5.41, 5.74) is 4.60. The zero-order chi connectivity index (χ0) is 22.0. The monoisotopic (exact) mass is 419 g/mol. The third-order valence-electron chi connectivity index (χ3n) is 6.01. The van der Waals surface area contributed by atoms with Gasteiger partial charge in [0.05, 0.1) is 6.61 Å². The van der Waals surface area contributed by atoms with E-state index in [0.29, 0.717) is 18.4 Å². The van der Waals surface area contributed by atoms with Gasteiger partial charge in [-0.15, -0.1) is 0 Å². The van der Waals surface area contributed by atoms with Gasteiger partial charge in [-0.05, 0) is 41.5 Å². The first-order valence-electron chi connectivity index (χ1n) is 10.9. The summed E-state index contributed by atoms with van der Waals surface area (Å²) in [6.45, 7) is 7.67. The van der Waals surface area contributed by atoms with Crippen LogP contribution in [0, 0.1) is 5.92 Å². The molecule has 2 aliphatic heterocycles. The zero-order valence-electron chi connectivity index (χ0n) is 18.3. The Kier molecular flexibility index (Phi) is 6.07. The standard InChI is InChI=1S/C25H29N3O3/c1-4-31-24(30)21-22(19-11-9-17(10-12-19)16(2)3)26-25(27-23(21)29)28-14-13-18-7-5-6-8-20(18)15-28/h5-12,16,21-22H,4,13-15H2,1-3H3,(H,26,27,29). The van der Waals surface area contributed by atoms with Crippen LogP contribution in [0.2, 0.25) is 0 Å². The van der Waals surface area contributed by atoms with Gasteiger partial charge in [0, 0.05) is 13.1 Å². The predicted molar refractivity (Wildman–Crippen MR) is 120 cm³/mol. The molecule has 4 rings (SSSR count). The van der Waals surface area contributed by atoms with Gasteiger partial charge >= 0.3 is 5.97 Å². The van der Waals surface area contributed by atoms with Gasteiger partial charge in [-0.3, -0.25) is 14.9 Å². The minimum atomic E-state index is -0.995. The molecule has 1 amide bonds. The van der Waals surface area contributed by atoms with Gasteiger partial charge in [0.25, 0.3) is 0 Å². The second-order valence-electron chi connectivity index (χ2n) is 8.38. The number of hydrogen-bond acceptors (Lipinski definition) is 5. The number of carbonyl (C=O) groups is 2. The van der Waals surface area contributed by atoms with E-state index in [1.807, 2.05) is 30.3 Å². The maximum Gasteiger partial charge on any atom is 0.321 e. The molecular formula is C25H29N3O3. The largest absolute Gasteiger partial charge is 0.465 e. The number of fused-ring (bicyclic) bond motifs is 1. The minimum Gasteiger partial charge on any atom is -0.465 e. The Morgan fingerprint density at radius 2 is 1.87 bits per heavy atom. The van der Waals surface area contributed by atoms with Crippen molar-refractivity contribution in [1.82, 2.24) is 10.2 Å². The summed E-state index contributed by atoms with van der Waals surface area (Å²) in [6, 6.07) is 15.7. The lowest BCUT2D eigenvalue weighted by Crippen LogP contribution is -2.53. The summed E-state index contributed by atoms with van der Waals surface area (Å²) in [5, 5.41) is 2.87. The maximum absolute atomic E-state index is 13.0. The Labute approximate surface area is 183 Å². The van der Waals surface area contributed by atoms with Gasteiger partial charge in [0.1, 0.15) is 6.04 Å². The quantitative estimate of drug-likeness (QED) is 0.608. The Hall–Kier alpha value is -3.15. The van der Waals surface area contributed by atoms with Crippen molar-refractivity contribution in [3.8, 4) is 0 Å². The molecule has 6 nitrogen and oxygen atoms in total. The summed E-state index contributed by atoms with van der Waals surface area (Å²) >= 11 is 0. The van der Waals surface area contributed by atoms with Crippen LogP contribution in [0.3, 0.4) is 0 Å². The molecule has 0 fully saturated rings. The number of carbonyl (C=O) groups excluding carboxylic acids is 2. The third-order valence-corrected chi connectivity index (χ3v) is 6.01. The van der Waals surface area contributed by atoms with Crippen molar-refractivity contribution in [2.75, 3.05) is 13.2 Å². The normalized spacial score (nSPS) is 20.7. The first kappa shape index (κ1) is 21.1. The average Bonchev–Trinajstić information content (AvgIpc) is 2.78. The number of nitrogens with zero attached hydrogens (tertiary/aromatic N) is 2. The van der Waals surface area contributed by atoms with Crippen molar-refractivity contribution in [1.29, 1.82) is 0 Å². The first-order chi connectivity index (χ1) is 15.0. The van der Waals surface area contributed by atoms with Crippen LogP contribution in [-0.4, -0.2) is 35.9 Å². The van der Waals surface area contributed by atoms with Gasteiger partial charge in [-0.2, -0.15) is 0 Å². The van der Waals surface area contributed by atoms with Gasteiger partial charge < -0.3 is 9.64 Å². The van der Waals surface area contributed by atoms with Crippen LogP contribution in [0.25, 0.3) is 0 Å². The molecule has 31 heavy (non-hydrogen) atoms. The fourth-order valence-corrected chi connectivity index (χ4v) is 4.22. The number of amides is 1. The number of rotatable bonds is 4. The van der Waals surface area contributed by atoms with E-state index in [4.69, 9.17) is 9.73 Å². The van der Waals surface area contributed by atoms with Crippen LogP contribution in [0.4, 0.5) is 0 Å². The fourth-order valence-electron chi connectivity index (χ4n) is 4.22. The Morgan fingerprint density at radius 1 is 1.16 bits per heavy atom. The topological polar surface area (TPSA) is 71.0 Å². The Bertz CT molecular complexity index is 997. The molecule has 2 unspecified atom stereocenters. The smallest absolute Gasteiger partial charge is 0.321 e. The fraction of sp³-hybridized carbons (Fsp3) is 0.400. The van der Waals surface area contributed by atoms with E-state index in [1.54, 1.807) is 6.92 Å². The van der Waals surface area contributed by atoms with Crippen LogP contribution in [0.5, 0.6) is 0 Å². The second kappa shape index (κ2) is 8.92. The number of nitrogens with one attached hydrogen (secondary N) is 1. The molecule has 2 aliphatic rings. The summed E-state index contributed by atoms with van der Waals surface area (Å²) in [6.07, 6.45) is 0.889. The van der Waals surface area contributed by atoms with E-state index in [0.717, 1.165) is 18.5 Å². The second-order valence-corrected chi connectivity index (χ2v) is 8.38. The summed E-state index contributed by atoms with van der Waals surface area (Å²) < 4.78 is 5.21. The van der Waals surface area contributed by atoms with Crippen molar-refractivity contribution >= 4 is 17.8 Å². The van der Waals surface area contributed by atoms with E-state index in [1.165, 1.54) is 16.7 Å². The lowest BCUT2D eigenvalue weighted by Gasteiger charge is -2.36. The van der Waals surface area contributed by atoms with Crippen molar-refractivity contribution in [3.05, 3.63) is 70.8 Å². The van der Waals surface area contributed by atoms with Crippen molar-refractivity contribution < 1.29 is 14.3 Å². The lowest BCUT2D eigenvalue weighted by molar-refractivity contribution is -0.153. The molecule has 2 heterocycles. The van der Waals surface area contributed by atoms with E-state index in [2.05, 4.69) is 42.3 Å². The number of aliphatic imine (C=N–C) groups is 1. The number of benzene rings is 2. The van der Waals surface area contributed by atoms with Gasteiger partial charge in [-0.1, -0.05) is 62.4 Å². The molecule has 0 aliphatic carbocycles. The van der Waals surface area contributed by atoms with Gasteiger partial charge in [0.2, 0.25) is 11.9 Å². The van der Waals surface area contributed by atoms with Gasteiger partial charge in [0.15, 0.2) is 5.92 Å². The van der Waals surface area contributed by atoms with Crippen LogP contribution in [0.15, 0.2) is 53.5 Å². The molecule has 0 saturated carbocycles. The van der Waals surface area contributed by atoms with Crippen molar-refractivity contribution in [2.45, 2.75) is 45.7 Å². The van der Waals surface area contributed by atoms with Crippen LogP contribution < -0.4 is 5.32 Å². The van der Waals surface area contributed by atoms with E-state index in [9.17, 15) is 9.59 Å². The Morgan fingerprint density at radius 3 is 2.55 bits per heavy atom. The molecule has 2 aromatic carbocycles. The van der Waals surface area contributed by atoms with E-state index < -0.39 is 17.9 Å². The summed E-state index contributed by atoms with van der Waals surface area (Å²) in [5.74, 6) is -0.967. The Balaban J connectivity index is 1.68. The maximum atomic E-state index is 13.0. The number of ether oxygens (including phenoxy) is 1. The molecule has 6 heteroatoms. The molecular weight excluding hydrogens is 390 g/mol. The molecule has 2 atom stereocenters. The number of guanidine groups is 1. The molecule has 0 bridgehead atoms. The van der Waals surface area contributed by atoms with E-state index in [-0.39, 0.29) is 12.5 Å². The highest BCUT2D eigenvalue weighted by atomic mass is 16.5. The molecule has 0 spiro atoms. The molecule has 162 valence electrons. The first-order valence-corrected chi connectivity index (χ1v) is 10.9.